The first kappa shape index (κ1) is 11.2. The maximum absolute atomic E-state index is 11.8. The molecular weight excluding hydrogens is 220 g/mol. The topological polar surface area (TPSA) is 44.8 Å². The van der Waals surface area contributed by atoms with Crippen molar-refractivity contribution in [3.63, 3.8) is 0 Å². The Labute approximate surface area is 101 Å². The molecule has 0 aromatic rings. The van der Waals surface area contributed by atoms with Crippen LogP contribution in [0, 0.1) is 17.8 Å². The Morgan fingerprint density at radius 1 is 1.41 bits per heavy atom. The van der Waals surface area contributed by atoms with Crippen LogP contribution in [-0.4, -0.2) is 32.1 Å². The van der Waals surface area contributed by atoms with E-state index < -0.39 is 5.79 Å². The molecular formula is C13H18O4. The minimum atomic E-state index is -0.415. The van der Waals surface area contributed by atoms with Crippen molar-refractivity contribution in [3.05, 3.63) is 12.2 Å². The van der Waals surface area contributed by atoms with Gasteiger partial charge in [0.15, 0.2) is 5.79 Å². The van der Waals surface area contributed by atoms with Crippen LogP contribution >= 0.6 is 0 Å². The molecule has 0 aromatic heterocycles. The van der Waals surface area contributed by atoms with E-state index in [0.29, 0.717) is 25.0 Å². The molecule has 0 N–H and O–H groups in total. The zero-order valence-electron chi connectivity index (χ0n) is 10.1. The molecule has 3 aliphatic rings. The van der Waals surface area contributed by atoms with E-state index >= 15 is 0 Å². The number of methoxy groups -OCH3 is 1. The third-order valence-corrected chi connectivity index (χ3v) is 4.35. The lowest BCUT2D eigenvalue weighted by Crippen LogP contribution is -2.40. The number of hydrogen-bond donors (Lipinski definition) is 0. The van der Waals surface area contributed by atoms with E-state index in [0.717, 1.165) is 19.3 Å². The third kappa shape index (κ3) is 1.62. The molecule has 1 spiro atoms. The molecule has 1 unspecified atom stereocenters. The number of ether oxygens (including phenoxy) is 3. The van der Waals surface area contributed by atoms with Gasteiger partial charge in [0.2, 0.25) is 0 Å². The van der Waals surface area contributed by atoms with Gasteiger partial charge < -0.3 is 14.2 Å². The Balaban J connectivity index is 1.84. The van der Waals surface area contributed by atoms with E-state index in [9.17, 15) is 4.79 Å². The third-order valence-electron chi connectivity index (χ3n) is 4.35. The van der Waals surface area contributed by atoms with Crippen molar-refractivity contribution in [2.75, 3.05) is 20.3 Å². The van der Waals surface area contributed by atoms with Gasteiger partial charge in [-0.1, -0.05) is 12.2 Å². The van der Waals surface area contributed by atoms with Crippen LogP contribution in [-0.2, 0) is 19.0 Å². The second kappa shape index (κ2) is 4.10. The number of hydrogen-bond acceptors (Lipinski definition) is 4. The number of fused-ring (bicyclic) bond motifs is 2. The lowest BCUT2D eigenvalue weighted by molar-refractivity contribution is -0.188. The van der Waals surface area contributed by atoms with Crippen molar-refractivity contribution in [2.45, 2.75) is 25.0 Å². The quantitative estimate of drug-likeness (QED) is 0.513. The molecule has 1 heterocycles. The molecule has 1 saturated heterocycles. The van der Waals surface area contributed by atoms with Gasteiger partial charge in [-0.05, 0) is 18.8 Å². The van der Waals surface area contributed by atoms with Crippen LogP contribution in [0.15, 0.2) is 12.2 Å². The fourth-order valence-corrected chi connectivity index (χ4v) is 3.60. The lowest BCUT2D eigenvalue weighted by Gasteiger charge is -2.35. The Kier molecular flexibility index (Phi) is 2.71. The number of rotatable bonds is 1. The fourth-order valence-electron chi connectivity index (χ4n) is 3.60. The van der Waals surface area contributed by atoms with Gasteiger partial charge in [0.25, 0.3) is 0 Å². The molecule has 4 nitrogen and oxygen atoms in total. The van der Waals surface area contributed by atoms with E-state index in [2.05, 4.69) is 6.08 Å². The van der Waals surface area contributed by atoms with E-state index in [4.69, 9.17) is 14.2 Å². The maximum atomic E-state index is 11.8. The van der Waals surface area contributed by atoms with E-state index in [1.807, 2.05) is 6.08 Å². The van der Waals surface area contributed by atoms with Crippen LogP contribution in [0.3, 0.4) is 0 Å². The summed E-state index contributed by atoms with van der Waals surface area (Å²) in [5.41, 5.74) is 0. The summed E-state index contributed by atoms with van der Waals surface area (Å²) in [6, 6.07) is 0. The minimum absolute atomic E-state index is 0.120. The van der Waals surface area contributed by atoms with E-state index in [1.165, 1.54) is 7.11 Å². The summed E-state index contributed by atoms with van der Waals surface area (Å²) in [5.74, 6) is -0.0524. The molecule has 94 valence electrons. The smallest absolute Gasteiger partial charge is 0.312 e. The molecule has 0 aromatic carbocycles. The highest BCUT2D eigenvalue weighted by molar-refractivity contribution is 5.75. The van der Waals surface area contributed by atoms with Crippen molar-refractivity contribution < 1.29 is 19.0 Å². The second-order valence-electron chi connectivity index (χ2n) is 5.03. The molecule has 1 aliphatic heterocycles. The second-order valence-corrected chi connectivity index (χ2v) is 5.03. The molecule has 1 saturated carbocycles. The minimum Gasteiger partial charge on any atom is -0.469 e. The van der Waals surface area contributed by atoms with Gasteiger partial charge in [-0.2, -0.15) is 0 Å². The first-order valence-electron chi connectivity index (χ1n) is 6.29. The predicted molar refractivity (Wildman–Crippen MR) is 60.1 cm³/mol. The van der Waals surface area contributed by atoms with Crippen LogP contribution in [0.25, 0.3) is 0 Å². The van der Waals surface area contributed by atoms with Crippen molar-refractivity contribution in [3.8, 4) is 0 Å². The SMILES string of the molecule is COC(=O)C1C=CC[C@H]2[C@@H]1CCC21OCCO1. The van der Waals surface area contributed by atoms with Crippen LogP contribution in [0.4, 0.5) is 0 Å². The van der Waals surface area contributed by atoms with Crippen molar-refractivity contribution >= 4 is 5.97 Å². The Hall–Kier alpha value is -0.870. The monoisotopic (exact) mass is 238 g/mol. The van der Waals surface area contributed by atoms with Gasteiger partial charge in [0.05, 0.1) is 26.2 Å². The lowest BCUT2D eigenvalue weighted by atomic mass is 9.76. The van der Waals surface area contributed by atoms with Crippen molar-refractivity contribution in [2.24, 2.45) is 17.8 Å². The largest absolute Gasteiger partial charge is 0.469 e. The Bertz CT molecular complexity index is 343. The first-order chi connectivity index (χ1) is 8.27. The summed E-state index contributed by atoms with van der Waals surface area (Å²) in [4.78, 5) is 11.8. The molecule has 0 bridgehead atoms. The molecule has 2 aliphatic carbocycles. The molecule has 17 heavy (non-hydrogen) atoms. The maximum Gasteiger partial charge on any atom is 0.312 e. The van der Waals surface area contributed by atoms with E-state index in [-0.39, 0.29) is 11.9 Å². The Morgan fingerprint density at radius 2 is 2.18 bits per heavy atom. The first-order valence-corrected chi connectivity index (χ1v) is 6.29. The van der Waals surface area contributed by atoms with Crippen LogP contribution in [0.5, 0.6) is 0 Å². The molecule has 0 radical (unpaired) electrons. The van der Waals surface area contributed by atoms with E-state index in [1.54, 1.807) is 0 Å². The average molecular weight is 238 g/mol. The standard InChI is InChI=1S/C13H18O4/c1-15-12(14)10-3-2-4-11-9(10)5-6-13(11)16-7-8-17-13/h2-3,9-11H,4-8H2,1H3/t9-,10?,11+/m1/s1. The highest BCUT2D eigenvalue weighted by Crippen LogP contribution is 2.52. The summed E-state index contributed by atoms with van der Waals surface area (Å²) in [6.45, 7) is 1.35. The fraction of sp³-hybridized carbons (Fsp3) is 0.769. The highest BCUT2D eigenvalue weighted by Gasteiger charge is 2.55. The molecule has 3 rings (SSSR count). The summed E-state index contributed by atoms with van der Waals surface area (Å²) in [6.07, 6.45) is 6.88. The van der Waals surface area contributed by atoms with Gasteiger partial charge in [0.1, 0.15) is 0 Å². The summed E-state index contributed by atoms with van der Waals surface area (Å²) >= 11 is 0. The zero-order valence-corrected chi connectivity index (χ0v) is 10.1. The van der Waals surface area contributed by atoms with Gasteiger partial charge in [-0.3, -0.25) is 4.79 Å². The summed E-state index contributed by atoms with van der Waals surface area (Å²) in [7, 11) is 1.45. The van der Waals surface area contributed by atoms with Crippen LogP contribution in [0.2, 0.25) is 0 Å². The predicted octanol–water partition coefficient (Wildman–Crippen LogP) is 1.50. The Morgan fingerprint density at radius 3 is 2.88 bits per heavy atom. The normalized spacial score (nSPS) is 38.3. The summed E-state index contributed by atoms with van der Waals surface area (Å²) in [5, 5.41) is 0. The van der Waals surface area contributed by atoms with Gasteiger partial charge >= 0.3 is 5.97 Å². The van der Waals surface area contributed by atoms with Gasteiger partial charge in [-0.25, -0.2) is 0 Å². The van der Waals surface area contributed by atoms with Crippen LogP contribution in [0.1, 0.15) is 19.3 Å². The highest BCUT2D eigenvalue weighted by atomic mass is 16.7. The molecule has 3 atom stereocenters. The van der Waals surface area contributed by atoms with Crippen LogP contribution < -0.4 is 0 Å². The number of carbonyl (C=O) groups is 1. The van der Waals surface area contributed by atoms with Gasteiger partial charge in [0, 0.05) is 12.3 Å². The number of carbonyl (C=O) groups excluding carboxylic acids is 1. The molecule has 4 heteroatoms. The molecule has 2 fully saturated rings. The average Bonchev–Trinajstić information content (AvgIpc) is 2.98. The summed E-state index contributed by atoms with van der Waals surface area (Å²) < 4.78 is 16.5. The van der Waals surface area contributed by atoms with Crippen molar-refractivity contribution in [1.82, 2.24) is 0 Å². The van der Waals surface area contributed by atoms with Crippen molar-refractivity contribution in [1.29, 1.82) is 0 Å². The zero-order chi connectivity index (χ0) is 11.9. The number of esters is 1. The number of allylic oxidation sites excluding steroid dienone is 1. The molecule has 0 amide bonds. The van der Waals surface area contributed by atoms with Gasteiger partial charge in [-0.15, -0.1) is 0 Å².